The van der Waals surface area contributed by atoms with Crippen LogP contribution in [0.4, 0.5) is 0 Å². The summed E-state index contributed by atoms with van der Waals surface area (Å²) in [7, 11) is 0. The lowest BCUT2D eigenvalue weighted by molar-refractivity contribution is 0.203. The van der Waals surface area contributed by atoms with E-state index in [2.05, 4.69) is 29.8 Å². The first kappa shape index (κ1) is 13.1. The first-order chi connectivity index (χ1) is 6.96. The molecule has 0 aliphatic heterocycles. The van der Waals surface area contributed by atoms with Crippen molar-refractivity contribution in [3.8, 4) is 5.75 Å². The molecule has 0 amide bonds. The Kier molecular flexibility index (Phi) is 4.75. The zero-order valence-electron chi connectivity index (χ0n) is 8.69. The smallest absolute Gasteiger partial charge is 0.139 e. The van der Waals surface area contributed by atoms with E-state index >= 15 is 0 Å². The van der Waals surface area contributed by atoms with Gasteiger partial charge < -0.3 is 4.74 Å². The van der Waals surface area contributed by atoms with Gasteiger partial charge in [-0.15, -0.1) is 0 Å². The Hall–Kier alpha value is 0.0800. The summed E-state index contributed by atoms with van der Waals surface area (Å²) < 4.78 is 5.63. The lowest BCUT2D eigenvalue weighted by Crippen LogP contribution is -2.22. The summed E-state index contributed by atoms with van der Waals surface area (Å²) in [4.78, 5) is 0. The monoisotopic (exact) mass is 310 g/mol. The highest BCUT2D eigenvalue weighted by molar-refractivity contribution is 9.09. The number of ether oxygens (including phenoxy) is 1. The Morgan fingerprint density at radius 1 is 1.33 bits per heavy atom. The van der Waals surface area contributed by atoms with Crippen LogP contribution in [0.15, 0.2) is 18.2 Å². The Morgan fingerprint density at radius 2 is 2.00 bits per heavy atom. The van der Waals surface area contributed by atoms with E-state index in [-0.39, 0.29) is 5.41 Å². The summed E-state index contributed by atoms with van der Waals surface area (Å²) in [5, 5.41) is 1.87. The summed E-state index contributed by atoms with van der Waals surface area (Å²) in [5.41, 5.74) is 0.0750. The van der Waals surface area contributed by atoms with Crippen LogP contribution in [-0.4, -0.2) is 11.9 Å². The van der Waals surface area contributed by atoms with Crippen molar-refractivity contribution >= 4 is 39.1 Å². The van der Waals surface area contributed by atoms with Gasteiger partial charge in [-0.2, -0.15) is 0 Å². The second kappa shape index (κ2) is 5.42. The van der Waals surface area contributed by atoms with Crippen LogP contribution in [0, 0.1) is 5.41 Å². The van der Waals surface area contributed by atoms with Crippen molar-refractivity contribution in [2.24, 2.45) is 5.41 Å². The zero-order valence-corrected chi connectivity index (χ0v) is 11.8. The fourth-order valence-electron chi connectivity index (χ4n) is 0.907. The van der Waals surface area contributed by atoms with Gasteiger partial charge in [0.05, 0.1) is 11.6 Å². The summed E-state index contributed by atoms with van der Waals surface area (Å²) in [6.07, 6.45) is 0. The Balaban J connectivity index is 2.70. The van der Waals surface area contributed by atoms with E-state index in [1.165, 1.54) is 0 Å². The highest BCUT2D eigenvalue weighted by Gasteiger charge is 2.18. The van der Waals surface area contributed by atoms with Crippen LogP contribution in [0.3, 0.4) is 0 Å². The van der Waals surface area contributed by atoms with Crippen LogP contribution in [0.1, 0.15) is 13.8 Å². The first-order valence-corrected chi connectivity index (χ1v) is 6.47. The van der Waals surface area contributed by atoms with Gasteiger partial charge in [0.15, 0.2) is 0 Å². The minimum atomic E-state index is 0.0750. The van der Waals surface area contributed by atoms with E-state index in [0.29, 0.717) is 22.4 Å². The predicted molar refractivity (Wildman–Crippen MR) is 69.5 cm³/mol. The normalized spacial score (nSPS) is 11.5. The fourth-order valence-corrected chi connectivity index (χ4v) is 1.42. The number of rotatable bonds is 4. The second-order valence-corrected chi connectivity index (χ2v) is 5.48. The van der Waals surface area contributed by atoms with E-state index in [4.69, 9.17) is 27.9 Å². The average molecular weight is 312 g/mol. The largest absolute Gasteiger partial charge is 0.491 e. The lowest BCUT2D eigenvalue weighted by Gasteiger charge is -2.22. The Labute approximate surface area is 109 Å². The molecule has 0 spiro atoms. The molecular weight excluding hydrogens is 299 g/mol. The van der Waals surface area contributed by atoms with E-state index in [9.17, 15) is 0 Å². The van der Waals surface area contributed by atoms with E-state index in [1.54, 1.807) is 6.07 Å². The molecule has 0 aliphatic rings. The number of hydrogen-bond donors (Lipinski definition) is 0. The molecule has 1 rings (SSSR count). The summed E-state index contributed by atoms with van der Waals surface area (Å²) in [6.45, 7) is 4.82. The van der Waals surface area contributed by atoms with Gasteiger partial charge in [0.1, 0.15) is 10.8 Å². The highest BCUT2D eigenvalue weighted by Crippen LogP contribution is 2.32. The average Bonchev–Trinajstić information content (AvgIpc) is 2.20. The van der Waals surface area contributed by atoms with E-state index < -0.39 is 0 Å². The summed E-state index contributed by atoms with van der Waals surface area (Å²) >= 11 is 15.3. The molecular formula is C11H13BrCl2O. The Bertz CT molecular complexity index is 339. The molecule has 4 heteroatoms. The topological polar surface area (TPSA) is 9.23 Å². The maximum Gasteiger partial charge on any atom is 0.139 e. The van der Waals surface area contributed by atoms with Gasteiger partial charge in [-0.25, -0.2) is 0 Å². The third-order valence-electron chi connectivity index (χ3n) is 1.90. The van der Waals surface area contributed by atoms with Gasteiger partial charge in [-0.3, -0.25) is 0 Å². The van der Waals surface area contributed by atoms with Crippen molar-refractivity contribution < 1.29 is 4.74 Å². The zero-order chi connectivity index (χ0) is 11.5. The Morgan fingerprint density at radius 3 is 2.60 bits per heavy atom. The van der Waals surface area contributed by atoms with Crippen molar-refractivity contribution in [3.05, 3.63) is 28.2 Å². The van der Waals surface area contributed by atoms with Gasteiger partial charge in [0.25, 0.3) is 0 Å². The van der Waals surface area contributed by atoms with Gasteiger partial charge in [0, 0.05) is 10.7 Å². The molecule has 0 atom stereocenters. The number of hydrogen-bond acceptors (Lipinski definition) is 1. The standard InChI is InChI=1S/C11H13BrCl2O/c1-11(2,6-12)7-15-9-5-3-4-8(13)10(9)14/h3-5H,6-7H2,1-2H3. The lowest BCUT2D eigenvalue weighted by atomic mass is 9.98. The maximum absolute atomic E-state index is 6.00. The minimum Gasteiger partial charge on any atom is -0.491 e. The van der Waals surface area contributed by atoms with Crippen molar-refractivity contribution in [2.75, 3.05) is 11.9 Å². The molecule has 1 aromatic carbocycles. The molecule has 1 nitrogen and oxygen atoms in total. The predicted octanol–water partition coefficient (Wildman–Crippen LogP) is 4.79. The molecule has 0 aromatic heterocycles. The van der Waals surface area contributed by atoms with Crippen LogP contribution in [0.2, 0.25) is 10.0 Å². The molecule has 0 saturated heterocycles. The molecule has 15 heavy (non-hydrogen) atoms. The third-order valence-corrected chi connectivity index (χ3v) is 4.22. The summed E-state index contributed by atoms with van der Waals surface area (Å²) in [5.74, 6) is 0.637. The van der Waals surface area contributed by atoms with Gasteiger partial charge in [-0.05, 0) is 12.1 Å². The molecule has 0 bridgehead atoms. The van der Waals surface area contributed by atoms with Crippen molar-refractivity contribution in [3.63, 3.8) is 0 Å². The third kappa shape index (κ3) is 3.86. The van der Waals surface area contributed by atoms with E-state index in [1.807, 2.05) is 12.1 Å². The molecule has 0 N–H and O–H groups in total. The number of halogens is 3. The molecule has 1 aromatic rings. The van der Waals surface area contributed by atoms with Crippen LogP contribution in [0.5, 0.6) is 5.75 Å². The number of alkyl halides is 1. The van der Waals surface area contributed by atoms with Crippen LogP contribution in [0.25, 0.3) is 0 Å². The molecule has 0 radical (unpaired) electrons. The highest BCUT2D eigenvalue weighted by atomic mass is 79.9. The van der Waals surface area contributed by atoms with Gasteiger partial charge >= 0.3 is 0 Å². The molecule has 0 fully saturated rings. The molecule has 0 unspecified atom stereocenters. The quantitative estimate of drug-likeness (QED) is 0.726. The van der Waals surface area contributed by atoms with E-state index in [0.717, 1.165) is 5.33 Å². The molecule has 0 heterocycles. The van der Waals surface area contributed by atoms with Crippen molar-refractivity contribution in [1.82, 2.24) is 0 Å². The van der Waals surface area contributed by atoms with Crippen LogP contribution >= 0.6 is 39.1 Å². The molecule has 0 aliphatic carbocycles. The first-order valence-electron chi connectivity index (χ1n) is 4.59. The van der Waals surface area contributed by atoms with Crippen molar-refractivity contribution in [2.45, 2.75) is 13.8 Å². The SMILES string of the molecule is CC(C)(CBr)COc1cccc(Cl)c1Cl. The molecule has 84 valence electrons. The maximum atomic E-state index is 6.00. The van der Waals surface area contributed by atoms with Crippen molar-refractivity contribution in [1.29, 1.82) is 0 Å². The second-order valence-electron chi connectivity index (χ2n) is 4.14. The van der Waals surface area contributed by atoms with Gasteiger partial charge in [-0.1, -0.05) is 59.0 Å². The van der Waals surface area contributed by atoms with Crippen LogP contribution < -0.4 is 4.74 Å². The van der Waals surface area contributed by atoms with Gasteiger partial charge in [0.2, 0.25) is 0 Å². The number of benzene rings is 1. The fraction of sp³-hybridized carbons (Fsp3) is 0.455. The molecule has 0 saturated carbocycles. The van der Waals surface area contributed by atoms with Crippen LogP contribution in [-0.2, 0) is 0 Å². The minimum absolute atomic E-state index is 0.0750. The summed E-state index contributed by atoms with van der Waals surface area (Å²) in [6, 6.07) is 5.38.